The molecule has 1 aliphatic carbocycles. The third-order valence-corrected chi connectivity index (χ3v) is 4.36. The number of benzene rings is 1. The first kappa shape index (κ1) is 13.3. The van der Waals surface area contributed by atoms with Gasteiger partial charge in [0.05, 0.1) is 18.8 Å². The predicted molar refractivity (Wildman–Crippen MR) is 79.9 cm³/mol. The molecule has 114 valence electrons. The van der Waals surface area contributed by atoms with Crippen LogP contribution in [-0.4, -0.2) is 46.0 Å². The second-order valence-corrected chi connectivity index (χ2v) is 5.99. The van der Waals surface area contributed by atoms with E-state index in [1.165, 1.54) is 12.8 Å². The van der Waals surface area contributed by atoms with E-state index < -0.39 is 0 Å². The average Bonchev–Trinajstić information content (AvgIpc) is 3.25. The second kappa shape index (κ2) is 5.12. The molecule has 0 radical (unpaired) electrons. The van der Waals surface area contributed by atoms with Crippen molar-refractivity contribution in [3.63, 3.8) is 0 Å². The fourth-order valence-electron chi connectivity index (χ4n) is 2.76. The Morgan fingerprint density at radius 1 is 1.32 bits per heavy atom. The highest BCUT2D eigenvalue weighted by Gasteiger charge is 2.34. The van der Waals surface area contributed by atoms with Gasteiger partial charge in [-0.3, -0.25) is 4.79 Å². The van der Waals surface area contributed by atoms with Crippen LogP contribution in [0.5, 0.6) is 5.75 Å². The minimum atomic E-state index is 0.0395. The van der Waals surface area contributed by atoms with Gasteiger partial charge in [0.1, 0.15) is 5.75 Å². The van der Waals surface area contributed by atoms with E-state index in [4.69, 9.17) is 4.74 Å². The van der Waals surface area contributed by atoms with Crippen molar-refractivity contribution in [3.8, 4) is 5.75 Å². The van der Waals surface area contributed by atoms with Gasteiger partial charge in [-0.05, 0) is 31.0 Å². The first-order valence-electron chi connectivity index (χ1n) is 7.59. The number of hydrogen-bond acceptors (Lipinski definition) is 4. The SMILES string of the molecule is COc1cccc(C(=O)N2CC(n3cc(C4CC4)nn3)C2)c1. The summed E-state index contributed by atoms with van der Waals surface area (Å²) in [5.74, 6) is 1.36. The number of rotatable bonds is 4. The Hall–Kier alpha value is -2.37. The van der Waals surface area contributed by atoms with E-state index in [0.717, 1.165) is 5.69 Å². The molecule has 1 aromatic heterocycles. The van der Waals surface area contributed by atoms with Crippen LogP contribution in [0.3, 0.4) is 0 Å². The number of ether oxygens (including phenoxy) is 1. The lowest BCUT2D eigenvalue weighted by molar-refractivity contribution is 0.0498. The molecule has 1 amide bonds. The summed E-state index contributed by atoms with van der Waals surface area (Å²) in [6, 6.07) is 7.51. The van der Waals surface area contributed by atoms with Crippen LogP contribution >= 0.6 is 0 Å². The van der Waals surface area contributed by atoms with Gasteiger partial charge < -0.3 is 9.64 Å². The average molecular weight is 298 g/mol. The fraction of sp³-hybridized carbons (Fsp3) is 0.438. The molecule has 0 bridgehead atoms. The second-order valence-electron chi connectivity index (χ2n) is 5.99. The van der Waals surface area contributed by atoms with Gasteiger partial charge in [0, 0.05) is 30.8 Å². The van der Waals surface area contributed by atoms with Gasteiger partial charge in [0.25, 0.3) is 5.91 Å². The minimum Gasteiger partial charge on any atom is -0.497 e. The molecule has 22 heavy (non-hydrogen) atoms. The molecule has 0 unspecified atom stereocenters. The molecule has 2 aliphatic rings. The van der Waals surface area contributed by atoms with Crippen molar-refractivity contribution in [2.24, 2.45) is 0 Å². The Labute approximate surface area is 128 Å². The zero-order valence-corrected chi connectivity index (χ0v) is 12.5. The topological polar surface area (TPSA) is 60.2 Å². The number of hydrogen-bond donors (Lipinski definition) is 0. The monoisotopic (exact) mass is 298 g/mol. The summed E-state index contributed by atoms with van der Waals surface area (Å²) in [7, 11) is 1.60. The van der Waals surface area contributed by atoms with Crippen molar-refractivity contribution in [1.82, 2.24) is 19.9 Å². The number of aromatic nitrogens is 3. The van der Waals surface area contributed by atoms with Crippen molar-refractivity contribution in [2.75, 3.05) is 20.2 Å². The third kappa shape index (κ3) is 2.34. The van der Waals surface area contributed by atoms with Crippen LogP contribution in [0.25, 0.3) is 0 Å². The highest BCUT2D eigenvalue weighted by atomic mass is 16.5. The van der Waals surface area contributed by atoms with E-state index in [-0.39, 0.29) is 11.9 Å². The number of carbonyl (C=O) groups excluding carboxylic acids is 1. The highest BCUT2D eigenvalue weighted by molar-refractivity contribution is 5.95. The van der Waals surface area contributed by atoms with E-state index in [1.54, 1.807) is 13.2 Å². The molecular formula is C16H18N4O2. The van der Waals surface area contributed by atoms with Crippen LogP contribution in [-0.2, 0) is 0 Å². The van der Waals surface area contributed by atoms with Gasteiger partial charge in [0.2, 0.25) is 0 Å². The maximum atomic E-state index is 12.4. The molecule has 1 saturated carbocycles. The van der Waals surface area contributed by atoms with Crippen molar-refractivity contribution in [3.05, 3.63) is 41.7 Å². The summed E-state index contributed by atoms with van der Waals surface area (Å²) in [6.45, 7) is 1.37. The molecule has 6 heteroatoms. The summed E-state index contributed by atoms with van der Waals surface area (Å²) in [5, 5.41) is 8.43. The predicted octanol–water partition coefficient (Wildman–Crippen LogP) is 1.86. The molecule has 1 aliphatic heterocycles. The van der Waals surface area contributed by atoms with Gasteiger partial charge in [0.15, 0.2) is 0 Å². The van der Waals surface area contributed by atoms with E-state index in [2.05, 4.69) is 10.3 Å². The molecule has 4 rings (SSSR count). The van der Waals surface area contributed by atoms with Gasteiger partial charge in [-0.25, -0.2) is 4.68 Å². The molecular weight excluding hydrogens is 280 g/mol. The van der Waals surface area contributed by atoms with E-state index in [0.29, 0.717) is 30.3 Å². The molecule has 1 saturated heterocycles. The fourth-order valence-corrected chi connectivity index (χ4v) is 2.76. The van der Waals surface area contributed by atoms with Crippen LogP contribution in [0.15, 0.2) is 30.5 Å². The smallest absolute Gasteiger partial charge is 0.254 e. The number of nitrogens with zero attached hydrogens (tertiary/aromatic N) is 4. The zero-order chi connectivity index (χ0) is 15.1. The van der Waals surface area contributed by atoms with Gasteiger partial charge in [-0.1, -0.05) is 11.3 Å². The summed E-state index contributed by atoms with van der Waals surface area (Å²) in [4.78, 5) is 14.3. The number of methoxy groups -OCH3 is 1. The summed E-state index contributed by atoms with van der Waals surface area (Å²) < 4.78 is 7.07. The summed E-state index contributed by atoms with van der Waals surface area (Å²) in [5.41, 5.74) is 1.76. The first-order chi connectivity index (χ1) is 10.7. The van der Waals surface area contributed by atoms with Gasteiger partial charge >= 0.3 is 0 Å². The lowest BCUT2D eigenvalue weighted by Crippen LogP contribution is -2.50. The Morgan fingerprint density at radius 2 is 2.14 bits per heavy atom. The zero-order valence-electron chi connectivity index (χ0n) is 12.5. The normalized spacial score (nSPS) is 18.1. The molecule has 1 aromatic carbocycles. The molecule has 6 nitrogen and oxygen atoms in total. The quantitative estimate of drug-likeness (QED) is 0.864. The lowest BCUT2D eigenvalue weighted by atomic mass is 10.1. The van der Waals surface area contributed by atoms with E-state index >= 15 is 0 Å². The largest absolute Gasteiger partial charge is 0.497 e. The van der Waals surface area contributed by atoms with E-state index in [1.807, 2.05) is 34.0 Å². The first-order valence-corrected chi connectivity index (χ1v) is 7.59. The van der Waals surface area contributed by atoms with Crippen LogP contribution < -0.4 is 4.74 Å². The van der Waals surface area contributed by atoms with Crippen molar-refractivity contribution < 1.29 is 9.53 Å². The maximum absolute atomic E-state index is 12.4. The standard InChI is InChI=1S/C16H18N4O2/c1-22-14-4-2-3-12(7-14)16(21)19-8-13(9-19)20-10-15(17-18-20)11-5-6-11/h2-4,7,10-11,13H,5-6,8-9H2,1H3. The van der Waals surface area contributed by atoms with Gasteiger partial charge in [-0.2, -0.15) is 0 Å². The molecule has 2 aromatic rings. The van der Waals surface area contributed by atoms with Crippen LogP contribution in [0.2, 0.25) is 0 Å². The Balaban J connectivity index is 1.40. The molecule has 0 atom stereocenters. The number of likely N-dealkylation sites (tertiary alicyclic amines) is 1. The lowest BCUT2D eigenvalue weighted by Gasteiger charge is -2.38. The highest BCUT2D eigenvalue weighted by Crippen LogP contribution is 2.39. The van der Waals surface area contributed by atoms with Crippen LogP contribution in [0, 0.1) is 0 Å². The molecule has 0 spiro atoms. The molecule has 0 N–H and O–H groups in total. The van der Waals surface area contributed by atoms with Crippen LogP contribution in [0.1, 0.15) is 40.9 Å². The van der Waals surface area contributed by atoms with Crippen molar-refractivity contribution in [1.29, 1.82) is 0 Å². The van der Waals surface area contributed by atoms with Gasteiger partial charge in [-0.15, -0.1) is 5.10 Å². The summed E-state index contributed by atoms with van der Waals surface area (Å²) >= 11 is 0. The minimum absolute atomic E-state index is 0.0395. The summed E-state index contributed by atoms with van der Waals surface area (Å²) in [6.07, 6.45) is 4.49. The Kier molecular flexibility index (Phi) is 3.10. The Morgan fingerprint density at radius 3 is 2.86 bits per heavy atom. The van der Waals surface area contributed by atoms with Crippen molar-refractivity contribution >= 4 is 5.91 Å². The third-order valence-electron chi connectivity index (χ3n) is 4.36. The maximum Gasteiger partial charge on any atom is 0.254 e. The Bertz CT molecular complexity index is 702. The van der Waals surface area contributed by atoms with Crippen LogP contribution in [0.4, 0.5) is 0 Å². The number of amides is 1. The molecule has 2 fully saturated rings. The number of carbonyl (C=O) groups is 1. The molecule has 2 heterocycles. The van der Waals surface area contributed by atoms with Crippen molar-refractivity contribution in [2.45, 2.75) is 24.8 Å². The van der Waals surface area contributed by atoms with E-state index in [9.17, 15) is 4.79 Å².